The fourth-order valence-electron chi connectivity index (χ4n) is 6.32. The van der Waals surface area contributed by atoms with Crippen molar-refractivity contribution in [1.82, 2.24) is 0 Å². The Morgan fingerprint density at radius 3 is 2.41 bits per heavy atom. The highest BCUT2D eigenvalue weighted by Gasteiger charge is 2.74. The zero-order chi connectivity index (χ0) is 25.2. The van der Waals surface area contributed by atoms with Crippen LogP contribution in [0.5, 0.6) is 0 Å². The average Bonchev–Trinajstić information content (AvgIpc) is 3.47. The van der Waals surface area contributed by atoms with E-state index >= 15 is 0 Å². The fourth-order valence-corrected chi connectivity index (χ4v) is 6.32. The van der Waals surface area contributed by atoms with Crippen LogP contribution in [0.3, 0.4) is 0 Å². The van der Waals surface area contributed by atoms with Crippen molar-refractivity contribution in [2.45, 2.75) is 58.3 Å². The van der Waals surface area contributed by atoms with E-state index in [-0.39, 0.29) is 30.6 Å². The van der Waals surface area contributed by atoms with Gasteiger partial charge in [-0.15, -0.1) is 0 Å². The SMILES string of the molecule is C=C1CCC2(C)C3=C(C(=O)C4(CC4COC=O)C(OC(C)=O)C3=O)C(OC(C)=O)C(O)C2C1=C. The van der Waals surface area contributed by atoms with Gasteiger partial charge in [0.05, 0.1) is 12.0 Å². The van der Waals surface area contributed by atoms with Gasteiger partial charge in [-0.25, -0.2) is 0 Å². The molecule has 0 aliphatic heterocycles. The molecule has 9 nitrogen and oxygen atoms in total. The van der Waals surface area contributed by atoms with Gasteiger partial charge in [0, 0.05) is 42.2 Å². The first-order valence-electron chi connectivity index (χ1n) is 11.2. The third-order valence-electron chi connectivity index (χ3n) is 7.95. The summed E-state index contributed by atoms with van der Waals surface area (Å²) >= 11 is 0. The molecule has 0 bridgehead atoms. The van der Waals surface area contributed by atoms with E-state index in [0.717, 1.165) is 13.8 Å². The lowest BCUT2D eigenvalue weighted by atomic mass is 9.50. The van der Waals surface area contributed by atoms with Gasteiger partial charge >= 0.3 is 11.9 Å². The average molecular weight is 472 g/mol. The lowest BCUT2D eigenvalue weighted by Gasteiger charge is -2.54. The lowest BCUT2D eigenvalue weighted by Crippen LogP contribution is -2.61. The molecule has 0 aromatic carbocycles. The van der Waals surface area contributed by atoms with Gasteiger partial charge in [0.25, 0.3) is 6.47 Å². The van der Waals surface area contributed by atoms with E-state index in [2.05, 4.69) is 13.2 Å². The quantitative estimate of drug-likeness (QED) is 0.358. The topological polar surface area (TPSA) is 133 Å². The molecule has 1 spiro atoms. The molecule has 0 aromatic rings. The summed E-state index contributed by atoms with van der Waals surface area (Å²) < 4.78 is 15.7. The molecule has 9 heteroatoms. The maximum Gasteiger partial charge on any atom is 0.303 e. The summed E-state index contributed by atoms with van der Waals surface area (Å²) in [7, 11) is 0. The van der Waals surface area contributed by atoms with Crippen LogP contribution in [-0.4, -0.2) is 60.0 Å². The molecule has 34 heavy (non-hydrogen) atoms. The molecule has 7 atom stereocenters. The molecule has 0 heterocycles. The first-order valence-corrected chi connectivity index (χ1v) is 11.2. The molecule has 2 saturated carbocycles. The van der Waals surface area contributed by atoms with Crippen LogP contribution < -0.4 is 0 Å². The maximum absolute atomic E-state index is 14.1. The minimum absolute atomic E-state index is 0.0660. The second-order valence-electron chi connectivity index (χ2n) is 9.89. The second-order valence-corrected chi connectivity index (χ2v) is 9.89. The van der Waals surface area contributed by atoms with Gasteiger partial charge in [-0.3, -0.25) is 24.0 Å². The minimum Gasteiger partial charge on any atom is -0.468 e. The molecule has 4 rings (SSSR count). The zero-order valence-electron chi connectivity index (χ0n) is 19.4. The summed E-state index contributed by atoms with van der Waals surface area (Å²) in [5.41, 5.74) is -1.18. The van der Waals surface area contributed by atoms with Gasteiger partial charge in [0.1, 0.15) is 6.10 Å². The van der Waals surface area contributed by atoms with Crippen molar-refractivity contribution in [2.75, 3.05) is 6.61 Å². The van der Waals surface area contributed by atoms with Crippen LogP contribution in [0, 0.1) is 22.7 Å². The van der Waals surface area contributed by atoms with Crippen molar-refractivity contribution >= 4 is 30.0 Å². The van der Waals surface area contributed by atoms with Crippen molar-refractivity contribution < 1.29 is 43.3 Å². The van der Waals surface area contributed by atoms with Crippen LogP contribution in [0.4, 0.5) is 0 Å². The maximum atomic E-state index is 14.1. The minimum atomic E-state index is -1.44. The Morgan fingerprint density at radius 2 is 1.82 bits per heavy atom. The molecule has 4 aliphatic rings. The van der Waals surface area contributed by atoms with Crippen LogP contribution in [0.15, 0.2) is 35.5 Å². The summed E-state index contributed by atoms with van der Waals surface area (Å²) in [6.45, 7) is 12.2. The summed E-state index contributed by atoms with van der Waals surface area (Å²) in [4.78, 5) is 62.8. The van der Waals surface area contributed by atoms with Gasteiger partial charge in [-0.1, -0.05) is 25.7 Å². The number of aliphatic hydroxyl groups is 1. The van der Waals surface area contributed by atoms with Gasteiger partial charge < -0.3 is 19.3 Å². The number of aliphatic hydroxyl groups excluding tert-OH is 1. The van der Waals surface area contributed by atoms with Crippen LogP contribution in [0.2, 0.25) is 0 Å². The molecule has 1 N–H and O–H groups in total. The normalized spacial score (nSPS) is 38.8. The summed E-state index contributed by atoms with van der Waals surface area (Å²) in [6, 6.07) is 0. The highest BCUT2D eigenvalue weighted by atomic mass is 16.6. The Morgan fingerprint density at radius 1 is 1.18 bits per heavy atom. The van der Waals surface area contributed by atoms with Gasteiger partial charge in [0.15, 0.2) is 18.0 Å². The first-order chi connectivity index (χ1) is 15.9. The number of ketones is 2. The third kappa shape index (κ3) is 3.20. The number of hydrogen-bond donors (Lipinski definition) is 1. The molecule has 2 fully saturated rings. The molecule has 0 radical (unpaired) electrons. The van der Waals surface area contributed by atoms with Crippen molar-refractivity contribution in [1.29, 1.82) is 0 Å². The van der Waals surface area contributed by atoms with E-state index in [0.29, 0.717) is 24.0 Å². The second kappa shape index (κ2) is 8.01. The monoisotopic (exact) mass is 472 g/mol. The number of hydrogen-bond acceptors (Lipinski definition) is 9. The molecule has 0 aromatic heterocycles. The molecule has 182 valence electrons. The summed E-state index contributed by atoms with van der Waals surface area (Å²) in [5, 5.41) is 11.4. The predicted molar refractivity (Wildman–Crippen MR) is 116 cm³/mol. The Labute approximate surface area is 196 Å². The number of fused-ring (bicyclic) bond motifs is 2. The van der Waals surface area contributed by atoms with Gasteiger partial charge in [-0.2, -0.15) is 0 Å². The Bertz CT molecular complexity index is 1070. The predicted octanol–water partition coefficient (Wildman–Crippen LogP) is 1.38. The third-order valence-corrected chi connectivity index (χ3v) is 7.95. The fraction of sp³-hybridized carbons (Fsp3) is 0.560. The van der Waals surface area contributed by atoms with Gasteiger partial charge in [-0.05, 0) is 24.8 Å². The van der Waals surface area contributed by atoms with Gasteiger partial charge in [0.2, 0.25) is 5.78 Å². The molecular weight excluding hydrogens is 444 g/mol. The number of carbonyl (C=O) groups is 5. The number of allylic oxidation sites excluding steroid dienone is 1. The Hall–Kier alpha value is -3.07. The lowest BCUT2D eigenvalue weighted by molar-refractivity contribution is -0.166. The number of rotatable bonds is 5. The van der Waals surface area contributed by atoms with E-state index in [1.54, 1.807) is 6.92 Å². The van der Waals surface area contributed by atoms with Crippen LogP contribution in [0.1, 0.15) is 40.0 Å². The number of ether oxygens (including phenoxy) is 3. The molecule has 0 saturated heterocycles. The van der Waals surface area contributed by atoms with E-state index in [1.165, 1.54) is 0 Å². The highest BCUT2D eigenvalue weighted by molar-refractivity contribution is 6.20. The van der Waals surface area contributed by atoms with Crippen molar-refractivity contribution in [2.24, 2.45) is 22.7 Å². The van der Waals surface area contributed by atoms with E-state index in [4.69, 9.17) is 14.2 Å². The molecule has 7 unspecified atom stereocenters. The summed E-state index contributed by atoms with van der Waals surface area (Å²) in [5.74, 6) is -3.84. The van der Waals surface area contributed by atoms with Crippen LogP contribution in [-0.2, 0) is 38.2 Å². The molecule has 0 amide bonds. The van der Waals surface area contributed by atoms with Crippen molar-refractivity contribution in [3.63, 3.8) is 0 Å². The Kier molecular flexibility index (Phi) is 5.67. The van der Waals surface area contributed by atoms with Crippen LogP contribution in [0.25, 0.3) is 0 Å². The zero-order valence-corrected chi connectivity index (χ0v) is 19.4. The standard InChI is InChI=1S/C25H28O9/c1-11-6-7-24(5)17(12(11)2)19(29)21(33-13(3)27)16-18(24)20(30)23(34-14(4)28)25(22(16)31)8-15(25)9-32-10-26/h10,15,17,19,21,23,29H,1-2,6-9H2,3-5H3. The van der Waals surface area contributed by atoms with Crippen molar-refractivity contribution in [3.8, 4) is 0 Å². The van der Waals surface area contributed by atoms with E-state index in [1.807, 2.05) is 0 Å². The highest BCUT2D eigenvalue weighted by Crippen LogP contribution is 2.66. The summed E-state index contributed by atoms with van der Waals surface area (Å²) in [6.07, 6.45) is -3.09. The van der Waals surface area contributed by atoms with E-state index in [9.17, 15) is 29.1 Å². The number of carbonyl (C=O) groups excluding carboxylic acids is 5. The molecular formula is C25H28O9. The number of Topliss-reactive ketones (excluding diaryl/α,β-unsaturated/α-hetero) is 2. The Balaban J connectivity index is 1.94. The smallest absolute Gasteiger partial charge is 0.303 e. The van der Waals surface area contributed by atoms with Crippen LogP contribution >= 0.6 is 0 Å². The van der Waals surface area contributed by atoms with Crippen molar-refractivity contribution in [3.05, 3.63) is 35.5 Å². The largest absolute Gasteiger partial charge is 0.468 e. The first kappa shape index (κ1) is 24.1. The molecule has 4 aliphatic carbocycles. The number of esters is 2. The van der Waals surface area contributed by atoms with E-state index < -0.39 is 64.5 Å².